The lowest BCUT2D eigenvalue weighted by Crippen LogP contribution is -2.34. The molecule has 2 aromatic rings. The van der Waals surface area contributed by atoms with Gasteiger partial charge in [0.05, 0.1) is 0 Å². The molecule has 0 spiro atoms. The minimum absolute atomic E-state index is 0.235. The number of benzene rings is 2. The summed E-state index contributed by atoms with van der Waals surface area (Å²) < 4.78 is 18.4. The second kappa shape index (κ2) is 8.40. The molecule has 2 N–H and O–H groups in total. The molecule has 1 atom stereocenters. The van der Waals surface area contributed by atoms with Crippen molar-refractivity contribution < 1.29 is 13.9 Å². The van der Waals surface area contributed by atoms with E-state index in [0.717, 1.165) is 6.42 Å². The van der Waals surface area contributed by atoms with Crippen LogP contribution in [0.2, 0.25) is 0 Å². The number of rotatable bonds is 5. The fraction of sp³-hybridized carbons (Fsp3) is 0.222. The van der Waals surface area contributed by atoms with Crippen molar-refractivity contribution in [2.24, 2.45) is 0 Å². The molecule has 0 fully saturated rings. The van der Waals surface area contributed by atoms with E-state index < -0.39 is 0 Å². The van der Waals surface area contributed by atoms with Crippen molar-refractivity contribution in [1.82, 2.24) is 5.32 Å². The SMILES string of the molecule is CCC(C)NC(=S)Oc1ccc(C(=O)Nc2ccc(F)cc2)cc1. The number of anilines is 1. The van der Waals surface area contributed by atoms with Gasteiger partial charge in [0.2, 0.25) is 0 Å². The van der Waals surface area contributed by atoms with Crippen molar-refractivity contribution >= 4 is 29.0 Å². The first kappa shape index (κ1) is 17.9. The molecule has 6 heteroatoms. The Morgan fingerprint density at radius 1 is 1.17 bits per heavy atom. The van der Waals surface area contributed by atoms with Crippen molar-refractivity contribution in [2.75, 3.05) is 5.32 Å². The van der Waals surface area contributed by atoms with E-state index in [4.69, 9.17) is 17.0 Å². The van der Waals surface area contributed by atoms with Crippen molar-refractivity contribution in [2.45, 2.75) is 26.3 Å². The number of amides is 1. The van der Waals surface area contributed by atoms with Gasteiger partial charge < -0.3 is 15.4 Å². The summed E-state index contributed by atoms with van der Waals surface area (Å²) in [7, 11) is 0. The Labute approximate surface area is 146 Å². The van der Waals surface area contributed by atoms with Crippen molar-refractivity contribution in [3.05, 3.63) is 59.9 Å². The first-order chi connectivity index (χ1) is 11.5. The van der Waals surface area contributed by atoms with Crippen LogP contribution < -0.4 is 15.4 Å². The average Bonchev–Trinajstić information content (AvgIpc) is 2.57. The number of halogens is 1. The van der Waals surface area contributed by atoms with Crippen LogP contribution in [0.4, 0.5) is 10.1 Å². The zero-order chi connectivity index (χ0) is 17.5. The number of hydrogen-bond donors (Lipinski definition) is 2. The molecule has 4 nitrogen and oxygen atoms in total. The highest BCUT2D eigenvalue weighted by Gasteiger charge is 2.08. The number of carbonyl (C=O) groups is 1. The fourth-order valence-corrected chi connectivity index (χ4v) is 2.15. The molecule has 0 heterocycles. The van der Waals surface area contributed by atoms with Gasteiger partial charge in [-0.1, -0.05) is 6.92 Å². The molecule has 0 aliphatic rings. The Bertz CT molecular complexity index is 702. The molecule has 0 aliphatic carbocycles. The highest BCUT2D eigenvalue weighted by Crippen LogP contribution is 2.15. The maximum Gasteiger partial charge on any atom is 0.262 e. The summed E-state index contributed by atoms with van der Waals surface area (Å²) in [5.41, 5.74) is 0.994. The number of ether oxygens (including phenoxy) is 1. The van der Waals surface area contributed by atoms with E-state index in [1.54, 1.807) is 24.3 Å². The van der Waals surface area contributed by atoms with E-state index in [1.807, 2.05) is 6.92 Å². The van der Waals surface area contributed by atoms with E-state index in [9.17, 15) is 9.18 Å². The van der Waals surface area contributed by atoms with E-state index >= 15 is 0 Å². The van der Waals surface area contributed by atoms with Gasteiger partial charge in [-0.3, -0.25) is 4.79 Å². The van der Waals surface area contributed by atoms with Crippen molar-refractivity contribution in [3.8, 4) is 5.75 Å². The maximum absolute atomic E-state index is 12.9. The maximum atomic E-state index is 12.9. The Balaban J connectivity index is 1.94. The first-order valence-electron chi connectivity index (χ1n) is 7.63. The third-order valence-electron chi connectivity index (χ3n) is 3.41. The predicted molar refractivity (Wildman–Crippen MR) is 96.9 cm³/mol. The van der Waals surface area contributed by atoms with Crippen LogP contribution in [0.1, 0.15) is 30.6 Å². The van der Waals surface area contributed by atoms with Gasteiger partial charge >= 0.3 is 0 Å². The van der Waals surface area contributed by atoms with Crippen LogP contribution >= 0.6 is 12.2 Å². The van der Waals surface area contributed by atoms with E-state index in [1.165, 1.54) is 24.3 Å². The lowest BCUT2D eigenvalue weighted by atomic mass is 10.2. The summed E-state index contributed by atoms with van der Waals surface area (Å²) in [6.07, 6.45) is 0.937. The molecule has 0 bridgehead atoms. The Morgan fingerprint density at radius 2 is 1.79 bits per heavy atom. The largest absolute Gasteiger partial charge is 0.432 e. The molecule has 2 aromatic carbocycles. The fourth-order valence-electron chi connectivity index (χ4n) is 1.85. The molecule has 0 radical (unpaired) electrons. The van der Waals surface area contributed by atoms with Gasteiger partial charge in [0.15, 0.2) is 0 Å². The summed E-state index contributed by atoms with van der Waals surface area (Å²) in [4.78, 5) is 12.1. The van der Waals surface area contributed by atoms with Crippen LogP contribution in [-0.2, 0) is 0 Å². The molecule has 24 heavy (non-hydrogen) atoms. The zero-order valence-electron chi connectivity index (χ0n) is 13.5. The molecular weight excluding hydrogens is 327 g/mol. The molecule has 2 rings (SSSR count). The van der Waals surface area contributed by atoms with Crippen LogP contribution in [-0.4, -0.2) is 17.1 Å². The molecule has 0 saturated carbocycles. The van der Waals surface area contributed by atoms with Gasteiger partial charge in [-0.2, -0.15) is 0 Å². The molecule has 0 aromatic heterocycles. The van der Waals surface area contributed by atoms with Gasteiger partial charge in [0.1, 0.15) is 11.6 Å². The smallest absolute Gasteiger partial charge is 0.262 e. The van der Waals surface area contributed by atoms with Crippen LogP contribution in [0.15, 0.2) is 48.5 Å². The monoisotopic (exact) mass is 346 g/mol. The predicted octanol–water partition coefficient (Wildman–Crippen LogP) is 4.13. The van der Waals surface area contributed by atoms with Crippen LogP contribution in [0, 0.1) is 5.82 Å². The summed E-state index contributed by atoms with van der Waals surface area (Å²) >= 11 is 5.12. The van der Waals surface area contributed by atoms with Gasteiger partial charge in [0, 0.05) is 17.3 Å². The Kier molecular flexibility index (Phi) is 6.26. The molecule has 126 valence electrons. The average molecular weight is 346 g/mol. The summed E-state index contributed by atoms with van der Waals surface area (Å²) in [5, 5.41) is 6.05. The van der Waals surface area contributed by atoms with Crippen LogP contribution in [0.3, 0.4) is 0 Å². The van der Waals surface area contributed by atoms with Crippen LogP contribution in [0.25, 0.3) is 0 Å². The number of thiocarbonyl (C=S) groups is 1. The topological polar surface area (TPSA) is 50.4 Å². The molecule has 1 amide bonds. The normalized spacial score (nSPS) is 11.5. The van der Waals surface area contributed by atoms with E-state index in [-0.39, 0.29) is 17.8 Å². The third-order valence-corrected chi connectivity index (χ3v) is 3.61. The molecular formula is C18H19FN2O2S. The molecule has 0 saturated heterocycles. The summed E-state index contributed by atoms with van der Waals surface area (Å²) in [6, 6.07) is 12.4. The van der Waals surface area contributed by atoms with Gasteiger partial charge in [-0.15, -0.1) is 0 Å². The number of carbonyl (C=O) groups excluding carboxylic acids is 1. The van der Waals surface area contributed by atoms with E-state index in [0.29, 0.717) is 22.2 Å². The van der Waals surface area contributed by atoms with Crippen molar-refractivity contribution in [1.29, 1.82) is 0 Å². The van der Waals surface area contributed by atoms with Gasteiger partial charge in [0.25, 0.3) is 11.1 Å². The highest BCUT2D eigenvalue weighted by atomic mass is 32.1. The number of nitrogens with one attached hydrogen (secondary N) is 2. The Hall–Kier alpha value is -2.47. The number of hydrogen-bond acceptors (Lipinski definition) is 3. The Morgan fingerprint density at radius 3 is 2.38 bits per heavy atom. The standard InChI is InChI=1S/C18H19FN2O2S/c1-3-12(2)20-18(24)23-16-10-4-13(5-11-16)17(22)21-15-8-6-14(19)7-9-15/h4-12H,3H2,1-2H3,(H,20,24)(H,21,22). The quantitative estimate of drug-likeness (QED) is 0.799. The highest BCUT2D eigenvalue weighted by molar-refractivity contribution is 7.80. The van der Waals surface area contributed by atoms with E-state index in [2.05, 4.69) is 17.6 Å². The van der Waals surface area contributed by atoms with Crippen molar-refractivity contribution in [3.63, 3.8) is 0 Å². The van der Waals surface area contributed by atoms with Crippen LogP contribution in [0.5, 0.6) is 5.75 Å². The minimum atomic E-state index is -0.350. The van der Waals surface area contributed by atoms with Gasteiger partial charge in [-0.25, -0.2) is 4.39 Å². The first-order valence-corrected chi connectivity index (χ1v) is 8.04. The lowest BCUT2D eigenvalue weighted by molar-refractivity contribution is 0.102. The lowest BCUT2D eigenvalue weighted by Gasteiger charge is -2.14. The van der Waals surface area contributed by atoms with Gasteiger partial charge in [-0.05, 0) is 74.1 Å². The molecule has 1 unspecified atom stereocenters. The third kappa shape index (κ3) is 5.31. The second-order valence-electron chi connectivity index (χ2n) is 5.33. The summed E-state index contributed by atoms with van der Waals surface area (Å²) in [5.74, 6) is -0.0842. The molecule has 0 aliphatic heterocycles. The zero-order valence-corrected chi connectivity index (χ0v) is 14.3. The summed E-state index contributed by atoms with van der Waals surface area (Å²) in [6.45, 7) is 4.06. The minimum Gasteiger partial charge on any atom is -0.432 e. The second-order valence-corrected chi connectivity index (χ2v) is 5.70.